The quantitative estimate of drug-likeness (QED) is 0.481. The van der Waals surface area contributed by atoms with Gasteiger partial charge in [-0.1, -0.05) is 12.1 Å². The summed E-state index contributed by atoms with van der Waals surface area (Å²) < 4.78 is 17.7. The molecule has 0 unspecified atom stereocenters. The van der Waals surface area contributed by atoms with E-state index in [1.54, 1.807) is 24.1 Å². The first-order valence-electron chi connectivity index (χ1n) is 14.1. The van der Waals surface area contributed by atoms with Gasteiger partial charge in [0.05, 0.1) is 25.9 Å². The molecule has 222 valence electrons. The van der Waals surface area contributed by atoms with Crippen LogP contribution in [0.15, 0.2) is 42.6 Å². The summed E-state index contributed by atoms with van der Waals surface area (Å²) in [5, 5.41) is 9.89. The van der Waals surface area contributed by atoms with Gasteiger partial charge in [-0.15, -0.1) is 0 Å². The number of hydrogen-bond donors (Lipinski definition) is 1. The van der Waals surface area contributed by atoms with Gasteiger partial charge in [0.1, 0.15) is 17.1 Å². The summed E-state index contributed by atoms with van der Waals surface area (Å²) in [5.74, 6) is 0.816. The third-order valence-corrected chi connectivity index (χ3v) is 7.50. The molecule has 9 nitrogen and oxygen atoms in total. The molecule has 2 aromatic carbocycles. The summed E-state index contributed by atoms with van der Waals surface area (Å²) in [6, 6.07) is 10.9. The van der Waals surface area contributed by atoms with Gasteiger partial charge in [0, 0.05) is 63.2 Å². The van der Waals surface area contributed by atoms with E-state index in [0.717, 1.165) is 66.8 Å². The minimum atomic E-state index is -0.523. The van der Waals surface area contributed by atoms with E-state index in [9.17, 15) is 14.7 Å². The van der Waals surface area contributed by atoms with Crippen LogP contribution in [-0.2, 0) is 16.0 Å². The van der Waals surface area contributed by atoms with Crippen molar-refractivity contribution in [2.75, 3.05) is 54.0 Å². The number of phenolic OH excluding ortho intramolecular Hbond substituents is 1. The van der Waals surface area contributed by atoms with Crippen molar-refractivity contribution < 1.29 is 28.9 Å². The first-order chi connectivity index (χ1) is 19.4. The van der Waals surface area contributed by atoms with E-state index in [0.29, 0.717) is 25.3 Å². The third kappa shape index (κ3) is 7.59. The Morgan fingerprint density at radius 3 is 2.49 bits per heavy atom. The monoisotopic (exact) mass is 565 g/mol. The fourth-order valence-electron chi connectivity index (χ4n) is 5.48. The highest BCUT2D eigenvalue weighted by atomic mass is 16.6. The number of piperidine rings is 1. The van der Waals surface area contributed by atoms with E-state index in [1.165, 1.54) is 6.07 Å². The number of phenols is 1. The molecule has 0 radical (unpaired) electrons. The number of nitrogens with zero attached hydrogens (tertiary/aromatic N) is 3. The molecule has 2 fully saturated rings. The molecule has 2 saturated heterocycles. The van der Waals surface area contributed by atoms with Gasteiger partial charge in [0.2, 0.25) is 0 Å². The molecule has 1 N–H and O–H groups in total. The molecule has 2 aliphatic heterocycles. The molecule has 1 amide bonds. The summed E-state index contributed by atoms with van der Waals surface area (Å²) in [6.45, 7) is 9.68. The number of carbonyl (C=O) groups is 2. The first kappa shape index (κ1) is 30.4. The van der Waals surface area contributed by atoms with Crippen LogP contribution >= 0.6 is 0 Å². The lowest BCUT2D eigenvalue weighted by molar-refractivity contribution is -0.134. The smallest absolute Gasteiger partial charge is 0.410 e. The molecule has 2 aliphatic rings. The van der Waals surface area contributed by atoms with Crippen LogP contribution in [0.3, 0.4) is 0 Å². The number of methoxy groups -OCH3 is 1. The van der Waals surface area contributed by atoms with Gasteiger partial charge in [-0.3, -0.25) is 9.69 Å². The third-order valence-electron chi connectivity index (χ3n) is 7.50. The Morgan fingerprint density at radius 2 is 1.85 bits per heavy atom. The molecular formula is C32H43N3O6. The molecule has 0 bridgehead atoms. The van der Waals surface area contributed by atoms with Crippen molar-refractivity contribution in [3.8, 4) is 11.5 Å². The van der Waals surface area contributed by atoms with Gasteiger partial charge in [0.15, 0.2) is 6.29 Å². The van der Waals surface area contributed by atoms with Crippen LogP contribution in [0.25, 0.3) is 5.57 Å². The maximum atomic E-state index is 12.7. The fourth-order valence-corrected chi connectivity index (χ4v) is 5.48. The number of aldehydes is 1. The average molecular weight is 566 g/mol. The minimum absolute atomic E-state index is 0.0486. The Morgan fingerprint density at radius 1 is 1.12 bits per heavy atom. The van der Waals surface area contributed by atoms with Crippen LogP contribution in [0.5, 0.6) is 11.5 Å². The van der Waals surface area contributed by atoms with Crippen molar-refractivity contribution in [3.63, 3.8) is 0 Å². The lowest BCUT2D eigenvalue weighted by Crippen LogP contribution is -2.58. The number of carbonyl (C=O) groups excluding carboxylic acids is 2. The highest BCUT2D eigenvalue weighted by Crippen LogP contribution is 2.35. The maximum Gasteiger partial charge on any atom is 0.410 e. The second-order valence-electron chi connectivity index (χ2n) is 12.1. The lowest BCUT2D eigenvalue weighted by atomic mass is 9.89. The largest absolute Gasteiger partial charge is 0.508 e. The zero-order valence-electron chi connectivity index (χ0n) is 25.1. The van der Waals surface area contributed by atoms with Crippen LogP contribution in [0, 0.1) is 0 Å². The highest BCUT2D eigenvalue weighted by Gasteiger charge is 2.42. The van der Waals surface area contributed by atoms with E-state index in [4.69, 9.17) is 14.2 Å². The number of amides is 1. The second-order valence-corrected chi connectivity index (χ2v) is 12.1. The Kier molecular flexibility index (Phi) is 9.29. The van der Waals surface area contributed by atoms with E-state index in [1.807, 2.05) is 58.1 Å². The van der Waals surface area contributed by atoms with E-state index >= 15 is 0 Å². The van der Waals surface area contributed by atoms with Crippen molar-refractivity contribution in [1.29, 1.82) is 0 Å². The van der Waals surface area contributed by atoms with Crippen molar-refractivity contribution in [2.24, 2.45) is 0 Å². The van der Waals surface area contributed by atoms with Gasteiger partial charge in [-0.25, -0.2) is 4.79 Å². The fraction of sp³-hybridized carbons (Fsp3) is 0.500. The van der Waals surface area contributed by atoms with Crippen LogP contribution in [0.4, 0.5) is 4.79 Å². The predicted octanol–water partition coefficient (Wildman–Crippen LogP) is 4.77. The highest BCUT2D eigenvalue weighted by molar-refractivity contribution is 5.91. The molecule has 2 aromatic rings. The van der Waals surface area contributed by atoms with Crippen LogP contribution < -0.4 is 4.74 Å². The molecule has 0 aliphatic carbocycles. The van der Waals surface area contributed by atoms with E-state index in [2.05, 4.69) is 11.0 Å². The van der Waals surface area contributed by atoms with E-state index in [-0.39, 0.29) is 17.4 Å². The first-order valence-corrected chi connectivity index (χ1v) is 14.1. The van der Waals surface area contributed by atoms with Crippen molar-refractivity contribution in [2.45, 2.75) is 51.4 Å². The van der Waals surface area contributed by atoms with Crippen LogP contribution in [-0.4, -0.2) is 97.4 Å². The summed E-state index contributed by atoms with van der Waals surface area (Å²) in [7, 11) is 5.53. The normalized spacial score (nSPS) is 17.8. The Bertz CT molecular complexity index is 1270. The number of morpholine rings is 1. The van der Waals surface area contributed by atoms with Gasteiger partial charge in [0.25, 0.3) is 0 Å². The Labute approximate surface area is 243 Å². The van der Waals surface area contributed by atoms with Gasteiger partial charge in [-0.05, 0) is 69.0 Å². The van der Waals surface area contributed by atoms with Crippen molar-refractivity contribution in [3.05, 3.63) is 64.9 Å². The number of likely N-dealkylation sites (tertiary alicyclic amines) is 1. The molecule has 9 heteroatoms. The summed E-state index contributed by atoms with van der Waals surface area (Å²) in [6.07, 6.45) is 4.11. The van der Waals surface area contributed by atoms with Gasteiger partial charge in [-0.2, -0.15) is 0 Å². The second kappa shape index (κ2) is 12.5. The van der Waals surface area contributed by atoms with Crippen LogP contribution in [0.1, 0.15) is 60.7 Å². The number of ether oxygens (including phenoxy) is 3. The molecule has 0 saturated carbocycles. The summed E-state index contributed by atoms with van der Waals surface area (Å²) in [4.78, 5) is 30.6. The molecule has 4 rings (SSSR count). The number of rotatable bonds is 7. The number of hydrogen-bond acceptors (Lipinski definition) is 8. The molecule has 2 heterocycles. The van der Waals surface area contributed by atoms with Crippen molar-refractivity contribution in [1.82, 2.24) is 14.7 Å². The minimum Gasteiger partial charge on any atom is -0.508 e. The standard InChI is InChI=1S/C32H43N3O6/c1-31(2,3)41-30(38)35-15-16-40-32(22-35)11-13-34(14-12-32)19-24-8-7-23(18-29(24)39-6)28(20-33(4)5)27-10-9-26(37)17-25(27)21-36/h7-10,17-18,20-21,37H,11-16,19,22H2,1-6H3/b28-20-. The van der Waals surface area contributed by atoms with Gasteiger partial charge >= 0.3 is 6.09 Å². The summed E-state index contributed by atoms with van der Waals surface area (Å²) >= 11 is 0. The zero-order chi connectivity index (χ0) is 29.8. The maximum absolute atomic E-state index is 12.7. The SMILES string of the molecule is COc1cc(/C(=C/N(C)C)c2ccc(O)cc2C=O)ccc1CN1CCC2(CC1)CN(C(=O)OC(C)(C)C)CCO2. The molecular weight excluding hydrogens is 522 g/mol. The van der Waals surface area contributed by atoms with Gasteiger partial charge < -0.3 is 29.1 Å². The Balaban J connectivity index is 1.47. The molecule has 0 aromatic heterocycles. The summed E-state index contributed by atoms with van der Waals surface area (Å²) in [5.41, 5.74) is 3.11. The molecule has 1 spiro atoms. The topological polar surface area (TPSA) is 91.8 Å². The molecule has 41 heavy (non-hydrogen) atoms. The molecule has 0 atom stereocenters. The van der Waals surface area contributed by atoms with E-state index < -0.39 is 5.60 Å². The number of aromatic hydroxyl groups is 1. The Hall–Kier alpha value is -3.56. The van der Waals surface area contributed by atoms with Crippen LogP contribution in [0.2, 0.25) is 0 Å². The zero-order valence-corrected chi connectivity index (χ0v) is 25.1. The van der Waals surface area contributed by atoms with Crippen molar-refractivity contribution >= 4 is 18.0 Å². The average Bonchev–Trinajstić information content (AvgIpc) is 2.92. The predicted molar refractivity (Wildman–Crippen MR) is 158 cm³/mol. The lowest BCUT2D eigenvalue weighted by Gasteiger charge is -2.47. The number of benzene rings is 2.